The number of halogens is 1. The Morgan fingerprint density at radius 1 is 1.26 bits per heavy atom. The van der Waals surface area contributed by atoms with Gasteiger partial charge < -0.3 is 10.1 Å². The van der Waals surface area contributed by atoms with Crippen molar-refractivity contribution in [1.82, 2.24) is 5.32 Å². The molecule has 2 nitrogen and oxygen atoms in total. The van der Waals surface area contributed by atoms with Gasteiger partial charge in [0.1, 0.15) is 11.6 Å². The largest absolute Gasteiger partial charge is 0.497 e. The molecule has 3 heteroatoms. The molecule has 1 aromatic carbocycles. The minimum atomic E-state index is -0.169. The molecule has 1 aliphatic carbocycles. The van der Waals surface area contributed by atoms with E-state index < -0.39 is 0 Å². The molecule has 0 saturated heterocycles. The molecule has 106 valence electrons. The van der Waals surface area contributed by atoms with E-state index in [1.165, 1.54) is 31.7 Å². The van der Waals surface area contributed by atoms with Crippen LogP contribution in [0.4, 0.5) is 4.39 Å². The Bertz CT molecular complexity index is 413. The number of hydrogen-bond acceptors (Lipinski definition) is 2. The van der Waals surface area contributed by atoms with Crippen molar-refractivity contribution in [1.29, 1.82) is 0 Å². The van der Waals surface area contributed by atoms with Crippen LogP contribution < -0.4 is 10.1 Å². The van der Waals surface area contributed by atoms with Crippen molar-refractivity contribution < 1.29 is 9.13 Å². The summed E-state index contributed by atoms with van der Waals surface area (Å²) in [5, 5.41) is 3.30. The highest BCUT2D eigenvalue weighted by Crippen LogP contribution is 2.37. The molecule has 1 aromatic rings. The fourth-order valence-corrected chi connectivity index (χ4v) is 3.15. The number of benzene rings is 1. The second-order valence-electron chi connectivity index (χ2n) is 5.67. The van der Waals surface area contributed by atoms with Crippen LogP contribution in [-0.4, -0.2) is 14.2 Å². The van der Waals surface area contributed by atoms with E-state index in [0.717, 1.165) is 11.5 Å². The summed E-state index contributed by atoms with van der Waals surface area (Å²) < 4.78 is 19.2. The topological polar surface area (TPSA) is 21.3 Å². The normalized spacial score (nSPS) is 25.1. The van der Waals surface area contributed by atoms with Crippen LogP contribution in [0.25, 0.3) is 0 Å². The molecule has 19 heavy (non-hydrogen) atoms. The molecule has 1 N–H and O–H groups in total. The number of rotatable bonds is 4. The van der Waals surface area contributed by atoms with Crippen LogP contribution in [-0.2, 0) is 0 Å². The van der Waals surface area contributed by atoms with E-state index in [-0.39, 0.29) is 11.9 Å². The van der Waals surface area contributed by atoms with E-state index in [1.54, 1.807) is 7.11 Å². The first kappa shape index (κ1) is 14.3. The summed E-state index contributed by atoms with van der Waals surface area (Å²) in [7, 11) is 3.49. The van der Waals surface area contributed by atoms with Crippen LogP contribution in [0.15, 0.2) is 18.2 Å². The number of hydrogen-bond donors (Lipinski definition) is 1. The van der Waals surface area contributed by atoms with E-state index >= 15 is 0 Å². The maximum absolute atomic E-state index is 14.2. The van der Waals surface area contributed by atoms with Gasteiger partial charge in [-0.1, -0.05) is 25.8 Å². The average Bonchev–Trinajstić information content (AvgIpc) is 2.43. The number of methoxy groups -OCH3 is 1. The standard InChI is InChI=1S/C16H24FNO/c1-11-4-6-12(7-5-11)16(18-2)14-9-8-13(19-3)10-15(14)17/h8-12,16,18H,4-7H2,1-3H3. The van der Waals surface area contributed by atoms with Gasteiger partial charge >= 0.3 is 0 Å². The van der Waals surface area contributed by atoms with Gasteiger partial charge in [0.05, 0.1) is 7.11 Å². The highest BCUT2D eigenvalue weighted by molar-refractivity contribution is 5.31. The Hall–Kier alpha value is -1.09. The van der Waals surface area contributed by atoms with Gasteiger partial charge in [-0.3, -0.25) is 0 Å². The summed E-state index contributed by atoms with van der Waals surface area (Å²) in [4.78, 5) is 0. The van der Waals surface area contributed by atoms with E-state index in [1.807, 2.05) is 19.2 Å². The van der Waals surface area contributed by atoms with Crippen molar-refractivity contribution in [2.75, 3.05) is 14.2 Å². The lowest BCUT2D eigenvalue weighted by Gasteiger charge is -2.33. The number of ether oxygens (including phenoxy) is 1. The predicted molar refractivity (Wildman–Crippen MR) is 75.9 cm³/mol. The molecule has 0 heterocycles. The first-order chi connectivity index (χ1) is 9.15. The smallest absolute Gasteiger partial charge is 0.131 e. The van der Waals surface area contributed by atoms with Crippen molar-refractivity contribution in [2.45, 2.75) is 38.6 Å². The van der Waals surface area contributed by atoms with Crippen molar-refractivity contribution in [3.63, 3.8) is 0 Å². The summed E-state index contributed by atoms with van der Waals surface area (Å²) in [5.41, 5.74) is 0.767. The van der Waals surface area contributed by atoms with Crippen molar-refractivity contribution in [3.05, 3.63) is 29.6 Å². The molecule has 0 radical (unpaired) electrons. The van der Waals surface area contributed by atoms with Gasteiger partial charge in [-0.15, -0.1) is 0 Å². The zero-order valence-electron chi connectivity index (χ0n) is 12.1. The second-order valence-corrected chi connectivity index (χ2v) is 5.67. The summed E-state index contributed by atoms with van der Waals surface area (Å²) in [6.45, 7) is 2.30. The van der Waals surface area contributed by atoms with Crippen molar-refractivity contribution in [3.8, 4) is 5.75 Å². The van der Waals surface area contributed by atoms with Gasteiger partial charge in [0, 0.05) is 17.7 Å². The van der Waals surface area contributed by atoms with Crippen LogP contribution in [0.2, 0.25) is 0 Å². The third-order valence-corrected chi connectivity index (χ3v) is 4.39. The van der Waals surface area contributed by atoms with E-state index in [2.05, 4.69) is 12.2 Å². The minimum absolute atomic E-state index is 0.110. The van der Waals surface area contributed by atoms with Crippen LogP contribution in [0.1, 0.15) is 44.2 Å². The monoisotopic (exact) mass is 265 g/mol. The Kier molecular flexibility index (Phi) is 4.81. The summed E-state index contributed by atoms with van der Waals surface area (Å²) in [5.74, 6) is 1.75. The molecular weight excluding hydrogens is 241 g/mol. The van der Waals surface area contributed by atoms with E-state index in [4.69, 9.17) is 4.74 Å². The average molecular weight is 265 g/mol. The highest BCUT2D eigenvalue weighted by atomic mass is 19.1. The summed E-state index contributed by atoms with van der Waals surface area (Å²) in [6.07, 6.45) is 4.86. The molecule has 1 aliphatic rings. The Balaban J connectivity index is 2.17. The van der Waals surface area contributed by atoms with Gasteiger partial charge in [0.25, 0.3) is 0 Å². The number of nitrogens with one attached hydrogen (secondary N) is 1. The molecule has 0 amide bonds. The SMILES string of the molecule is CNC(c1ccc(OC)cc1F)C1CCC(C)CC1. The molecular formula is C16H24FNO. The molecule has 0 aromatic heterocycles. The van der Waals surface area contributed by atoms with E-state index in [0.29, 0.717) is 11.7 Å². The first-order valence-corrected chi connectivity index (χ1v) is 7.16. The van der Waals surface area contributed by atoms with Crippen LogP contribution in [0.3, 0.4) is 0 Å². The van der Waals surface area contributed by atoms with Crippen LogP contribution in [0.5, 0.6) is 5.75 Å². The van der Waals surface area contributed by atoms with Gasteiger partial charge in [0.15, 0.2) is 0 Å². The van der Waals surface area contributed by atoms with Crippen LogP contribution in [0, 0.1) is 17.7 Å². The maximum Gasteiger partial charge on any atom is 0.131 e. The van der Waals surface area contributed by atoms with Gasteiger partial charge in [-0.05, 0) is 37.8 Å². The third kappa shape index (κ3) is 3.27. The maximum atomic E-state index is 14.2. The second kappa shape index (κ2) is 6.38. The molecule has 2 rings (SSSR count). The van der Waals surface area contributed by atoms with Crippen molar-refractivity contribution >= 4 is 0 Å². The molecule has 1 atom stereocenters. The van der Waals surface area contributed by atoms with Crippen molar-refractivity contribution in [2.24, 2.45) is 11.8 Å². The van der Waals surface area contributed by atoms with Gasteiger partial charge in [-0.2, -0.15) is 0 Å². The van der Waals surface area contributed by atoms with Gasteiger partial charge in [0.2, 0.25) is 0 Å². The summed E-state index contributed by atoms with van der Waals surface area (Å²) in [6, 6.07) is 5.28. The highest BCUT2D eigenvalue weighted by Gasteiger charge is 2.27. The zero-order valence-corrected chi connectivity index (χ0v) is 12.1. The predicted octanol–water partition coefficient (Wildman–Crippen LogP) is 3.92. The molecule has 1 unspecified atom stereocenters. The molecule has 0 bridgehead atoms. The Morgan fingerprint density at radius 3 is 2.47 bits per heavy atom. The Morgan fingerprint density at radius 2 is 1.95 bits per heavy atom. The molecule has 0 aliphatic heterocycles. The van der Waals surface area contributed by atoms with E-state index in [9.17, 15) is 4.39 Å². The van der Waals surface area contributed by atoms with Gasteiger partial charge in [-0.25, -0.2) is 4.39 Å². The molecule has 1 fully saturated rings. The lowest BCUT2D eigenvalue weighted by atomic mass is 9.77. The fraction of sp³-hybridized carbons (Fsp3) is 0.625. The lowest BCUT2D eigenvalue weighted by Crippen LogP contribution is -2.29. The first-order valence-electron chi connectivity index (χ1n) is 7.16. The quantitative estimate of drug-likeness (QED) is 0.891. The lowest BCUT2D eigenvalue weighted by molar-refractivity contribution is 0.235. The van der Waals surface area contributed by atoms with Crippen LogP contribution >= 0.6 is 0 Å². The molecule has 1 saturated carbocycles. The molecule has 0 spiro atoms. The Labute approximate surface area is 115 Å². The zero-order chi connectivity index (χ0) is 13.8. The fourth-order valence-electron chi connectivity index (χ4n) is 3.15. The minimum Gasteiger partial charge on any atom is -0.497 e. The summed E-state index contributed by atoms with van der Waals surface area (Å²) >= 11 is 0. The third-order valence-electron chi connectivity index (χ3n) is 4.39.